The summed E-state index contributed by atoms with van der Waals surface area (Å²) in [5.74, 6) is 1.92. The molecule has 3 N–H and O–H groups in total. The van der Waals surface area contributed by atoms with Crippen molar-refractivity contribution in [1.82, 2.24) is 24.2 Å². The van der Waals surface area contributed by atoms with Crippen LogP contribution in [0.5, 0.6) is 11.5 Å². The molecule has 1 aliphatic rings. The zero-order valence-corrected chi connectivity index (χ0v) is 18.0. The van der Waals surface area contributed by atoms with Crippen molar-refractivity contribution in [2.75, 3.05) is 24.8 Å². The molecule has 31 heavy (non-hydrogen) atoms. The Balaban J connectivity index is 1.66. The number of nitrogen functional groups attached to an aromatic ring is 1. The van der Waals surface area contributed by atoms with Gasteiger partial charge in [0, 0.05) is 19.5 Å². The Hall–Kier alpha value is -2.99. The fraction of sp³-hybridized carbons (Fsp3) is 0.421. The van der Waals surface area contributed by atoms with Crippen LogP contribution in [0.1, 0.15) is 30.3 Å². The molecular formula is C19H23FN6O4S. The molecule has 0 bridgehead atoms. The highest BCUT2D eigenvalue weighted by molar-refractivity contribution is 7.89. The fourth-order valence-corrected chi connectivity index (χ4v) is 4.08. The second-order valence-corrected chi connectivity index (χ2v) is 9.29. The van der Waals surface area contributed by atoms with E-state index in [0.717, 1.165) is 11.1 Å². The normalized spacial score (nSPS) is 13.3. The minimum Gasteiger partial charge on any atom is -0.454 e. The molecule has 3 aromatic rings. The van der Waals surface area contributed by atoms with Gasteiger partial charge in [0.05, 0.1) is 5.75 Å². The molecule has 1 aromatic carbocycles. The Labute approximate surface area is 178 Å². The summed E-state index contributed by atoms with van der Waals surface area (Å²) in [6, 6.07) is 3.80. The molecule has 2 aromatic heterocycles. The number of hydrogen-bond acceptors (Lipinski definition) is 8. The molecule has 0 radical (unpaired) electrons. The van der Waals surface area contributed by atoms with E-state index in [4.69, 9.17) is 15.2 Å². The number of ether oxygens (including phenoxy) is 2. The smallest absolute Gasteiger partial charge is 0.312 e. The number of nitrogens with zero attached hydrogens (tertiary/aromatic N) is 4. The fourth-order valence-electron chi connectivity index (χ4n) is 3.42. The van der Waals surface area contributed by atoms with Crippen molar-refractivity contribution in [1.29, 1.82) is 0 Å². The second-order valence-electron chi connectivity index (χ2n) is 7.19. The number of nitrogens with one attached hydrogen (secondary N) is 1. The van der Waals surface area contributed by atoms with Crippen LogP contribution in [0.2, 0.25) is 0 Å². The average molecular weight is 450 g/mol. The molecule has 3 heterocycles. The second kappa shape index (κ2) is 8.27. The van der Waals surface area contributed by atoms with Crippen LogP contribution in [0.15, 0.2) is 12.1 Å². The van der Waals surface area contributed by atoms with Crippen LogP contribution in [-0.2, 0) is 23.0 Å². The Bertz CT molecular complexity index is 1240. The molecule has 0 aliphatic carbocycles. The Kier molecular flexibility index (Phi) is 5.67. The lowest BCUT2D eigenvalue weighted by molar-refractivity contribution is 0.174. The third-order valence-electron chi connectivity index (χ3n) is 5.11. The molecule has 166 valence electrons. The molecular weight excluding hydrogens is 427 g/mol. The van der Waals surface area contributed by atoms with Crippen LogP contribution < -0.4 is 19.9 Å². The number of hydrogen-bond donors (Lipinski definition) is 2. The van der Waals surface area contributed by atoms with Crippen LogP contribution in [0.25, 0.3) is 11.2 Å². The van der Waals surface area contributed by atoms with Crippen LogP contribution in [0.4, 0.5) is 10.2 Å². The first kappa shape index (κ1) is 21.2. The van der Waals surface area contributed by atoms with Crippen molar-refractivity contribution in [3.63, 3.8) is 0 Å². The summed E-state index contributed by atoms with van der Waals surface area (Å²) in [6.07, 6.45) is -0.0622. The van der Waals surface area contributed by atoms with Crippen LogP contribution >= 0.6 is 0 Å². The molecule has 0 spiro atoms. The molecule has 0 saturated heterocycles. The van der Waals surface area contributed by atoms with E-state index in [2.05, 4.69) is 19.7 Å². The maximum atomic E-state index is 13.9. The largest absolute Gasteiger partial charge is 0.454 e. The zero-order chi connectivity index (χ0) is 22.2. The highest BCUT2D eigenvalue weighted by Gasteiger charge is 2.20. The van der Waals surface area contributed by atoms with Gasteiger partial charge >= 0.3 is 6.08 Å². The van der Waals surface area contributed by atoms with E-state index < -0.39 is 16.1 Å². The number of anilines is 1. The first-order valence-corrected chi connectivity index (χ1v) is 11.5. The summed E-state index contributed by atoms with van der Waals surface area (Å²) in [5, 5.41) is 0. The first-order valence-electron chi connectivity index (χ1n) is 9.82. The number of aryl methyl sites for hydroxylation is 2. The van der Waals surface area contributed by atoms with Crippen molar-refractivity contribution in [3.8, 4) is 11.5 Å². The molecule has 0 atom stereocenters. The highest BCUT2D eigenvalue weighted by Crippen LogP contribution is 2.35. The number of rotatable bonds is 8. The molecule has 0 fully saturated rings. The van der Waals surface area contributed by atoms with Crippen molar-refractivity contribution >= 4 is 27.0 Å². The third kappa shape index (κ3) is 4.39. The van der Waals surface area contributed by atoms with Gasteiger partial charge in [-0.05, 0) is 43.5 Å². The number of imidazole rings is 1. The van der Waals surface area contributed by atoms with E-state index in [0.29, 0.717) is 42.2 Å². The predicted octanol–water partition coefficient (Wildman–Crippen LogP) is 1.50. The van der Waals surface area contributed by atoms with Crippen LogP contribution in [0, 0.1) is 13.0 Å². The van der Waals surface area contributed by atoms with Gasteiger partial charge in [0.2, 0.25) is 16.8 Å². The lowest BCUT2D eigenvalue weighted by Crippen LogP contribution is -2.27. The monoisotopic (exact) mass is 450 g/mol. The minimum atomic E-state index is -3.29. The summed E-state index contributed by atoms with van der Waals surface area (Å²) in [6.45, 7) is 4.31. The molecule has 4 rings (SSSR count). The summed E-state index contributed by atoms with van der Waals surface area (Å²) >= 11 is 0. The molecule has 0 amide bonds. The molecule has 0 saturated carbocycles. The third-order valence-corrected chi connectivity index (χ3v) is 6.52. The highest BCUT2D eigenvalue weighted by atomic mass is 32.2. The summed E-state index contributed by atoms with van der Waals surface area (Å²) in [4.78, 5) is 12.0. The van der Waals surface area contributed by atoms with Crippen molar-refractivity contribution in [2.24, 2.45) is 0 Å². The Morgan fingerprint density at radius 2 is 1.97 bits per heavy atom. The SMILES string of the molecule is CCS(=O)(=O)NCCCn1c(Cc2cc3c(cc2C)OCO3)nc2c(N)nc(F)nc21. The zero-order valence-electron chi connectivity index (χ0n) is 17.2. The number of nitrogens with two attached hydrogens (primary N) is 1. The minimum absolute atomic E-state index is 0.00458. The van der Waals surface area contributed by atoms with Crippen molar-refractivity contribution in [2.45, 2.75) is 33.2 Å². The summed E-state index contributed by atoms with van der Waals surface area (Å²) in [5.41, 5.74) is 8.40. The van der Waals surface area contributed by atoms with Crippen molar-refractivity contribution in [3.05, 3.63) is 35.2 Å². The Morgan fingerprint density at radius 3 is 2.71 bits per heavy atom. The number of sulfonamides is 1. The van der Waals surface area contributed by atoms with Gasteiger partial charge in [0.25, 0.3) is 0 Å². The predicted molar refractivity (Wildman–Crippen MR) is 112 cm³/mol. The van der Waals surface area contributed by atoms with E-state index in [1.807, 2.05) is 19.1 Å². The molecule has 0 unspecified atom stereocenters. The van der Waals surface area contributed by atoms with Gasteiger partial charge in [-0.25, -0.2) is 18.1 Å². The van der Waals surface area contributed by atoms with Crippen LogP contribution in [0.3, 0.4) is 0 Å². The molecule has 12 heteroatoms. The van der Waals surface area contributed by atoms with E-state index >= 15 is 0 Å². The van der Waals surface area contributed by atoms with Gasteiger partial charge < -0.3 is 19.8 Å². The van der Waals surface area contributed by atoms with Gasteiger partial charge in [-0.3, -0.25) is 0 Å². The molecule has 1 aliphatic heterocycles. The molecule has 10 nitrogen and oxygen atoms in total. The number of fused-ring (bicyclic) bond motifs is 2. The van der Waals surface area contributed by atoms with Gasteiger partial charge in [0.1, 0.15) is 5.82 Å². The number of benzene rings is 1. The lowest BCUT2D eigenvalue weighted by Gasteiger charge is -2.11. The van der Waals surface area contributed by atoms with E-state index in [1.54, 1.807) is 11.5 Å². The first-order chi connectivity index (χ1) is 14.8. The van der Waals surface area contributed by atoms with E-state index in [9.17, 15) is 12.8 Å². The van der Waals surface area contributed by atoms with Crippen LogP contribution in [-0.4, -0.2) is 47.0 Å². The quantitative estimate of drug-likeness (QED) is 0.390. The Morgan fingerprint density at radius 1 is 1.23 bits per heavy atom. The standard InChI is InChI=1S/C19H23FN6O4S/c1-3-31(27,28)22-5-4-6-26-15(23-16-17(21)24-19(20)25-18(16)26)9-12-8-14-13(7-11(12)2)29-10-30-14/h7-8,22H,3-6,9-10H2,1-2H3,(H2,21,24,25). The topological polar surface area (TPSA) is 134 Å². The van der Waals surface area contributed by atoms with Gasteiger partial charge in [0.15, 0.2) is 28.5 Å². The summed E-state index contributed by atoms with van der Waals surface area (Å²) < 4.78 is 52.3. The maximum absolute atomic E-state index is 13.9. The number of halogens is 1. The van der Waals surface area contributed by atoms with Gasteiger partial charge in [-0.1, -0.05) is 0 Å². The van der Waals surface area contributed by atoms with E-state index in [1.165, 1.54) is 0 Å². The van der Waals surface area contributed by atoms with Crippen molar-refractivity contribution < 1.29 is 22.3 Å². The lowest BCUT2D eigenvalue weighted by atomic mass is 10.0. The maximum Gasteiger partial charge on any atom is 0.312 e. The van der Waals surface area contributed by atoms with E-state index in [-0.39, 0.29) is 30.6 Å². The number of aromatic nitrogens is 4. The average Bonchev–Trinajstić information content (AvgIpc) is 3.30. The van der Waals surface area contributed by atoms with Gasteiger partial charge in [-0.2, -0.15) is 14.4 Å². The summed E-state index contributed by atoms with van der Waals surface area (Å²) in [7, 11) is -3.29. The van der Waals surface area contributed by atoms with Gasteiger partial charge in [-0.15, -0.1) is 0 Å².